The maximum atomic E-state index is 5.97. The Morgan fingerprint density at radius 1 is 1.04 bits per heavy atom. The molecule has 28 heavy (non-hydrogen) atoms. The summed E-state index contributed by atoms with van der Waals surface area (Å²) in [5.74, 6) is 0.875. The highest BCUT2D eigenvalue weighted by atomic mass is 127. The van der Waals surface area contributed by atoms with Gasteiger partial charge in [-0.25, -0.2) is 0 Å². The van der Waals surface area contributed by atoms with Crippen molar-refractivity contribution in [1.29, 1.82) is 0 Å². The van der Waals surface area contributed by atoms with Crippen LogP contribution in [-0.2, 0) is 6.54 Å². The van der Waals surface area contributed by atoms with Gasteiger partial charge < -0.3 is 15.5 Å². The normalized spacial score (nSPS) is 21.0. The molecule has 0 unspecified atom stereocenters. The lowest BCUT2D eigenvalue weighted by Gasteiger charge is -2.50. The quantitative estimate of drug-likeness (QED) is 0.355. The van der Waals surface area contributed by atoms with Crippen LogP contribution in [0.15, 0.2) is 29.3 Å². The molecule has 1 aromatic carbocycles. The van der Waals surface area contributed by atoms with E-state index < -0.39 is 0 Å². The number of hydrogen-bond donors (Lipinski definition) is 2. The average molecular weight is 520 g/mol. The van der Waals surface area contributed by atoms with Crippen LogP contribution < -0.4 is 10.6 Å². The van der Waals surface area contributed by atoms with Crippen molar-refractivity contribution in [3.63, 3.8) is 0 Å². The summed E-state index contributed by atoms with van der Waals surface area (Å²) in [5.41, 5.74) is 1.46. The minimum absolute atomic E-state index is 0. The predicted molar refractivity (Wildman–Crippen MR) is 130 cm³/mol. The van der Waals surface area contributed by atoms with Gasteiger partial charge in [0.15, 0.2) is 5.96 Å². The molecule has 7 heteroatoms. The Balaban J connectivity index is 0.00000280. The lowest BCUT2D eigenvalue weighted by atomic mass is 9.84. The number of piperidine rings is 2. The van der Waals surface area contributed by atoms with Gasteiger partial charge in [-0.3, -0.25) is 9.89 Å². The summed E-state index contributed by atoms with van der Waals surface area (Å²) in [4.78, 5) is 9.64. The number of halogens is 2. The number of guanidine groups is 1. The van der Waals surface area contributed by atoms with E-state index in [4.69, 9.17) is 11.6 Å². The molecule has 2 N–H and O–H groups in total. The average Bonchev–Trinajstić information content (AvgIpc) is 2.71. The van der Waals surface area contributed by atoms with Gasteiger partial charge in [-0.2, -0.15) is 0 Å². The second kappa shape index (κ2) is 11.6. The fourth-order valence-electron chi connectivity index (χ4n) is 4.26. The van der Waals surface area contributed by atoms with Crippen molar-refractivity contribution in [3.05, 3.63) is 34.9 Å². The van der Waals surface area contributed by atoms with Crippen molar-refractivity contribution in [2.75, 3.05) is 46.8 Å². The summed E-state index contributed by atoms with van der Waals surface area (Å²) >= 11 is 5.97. The molecule has 0 spiro atoms. The number of hydrogen-bond acceptors (Lipinski definition) is 3. The van der Waals surface area contributed by atoms with Crippen molar-refractivity contribution in [3.8, 4) is 0 Å². The van der Waals surface area contributed by atoms with E-state index >= 15 is 0 Å². The third-order valence-corrected chi connectivity index (χ3v) is 6.38. The van der Waals surface area contributed by atoms with E-state index in [-0.39, 0.29) is 29.5 Å². The zero-order valence-corrected chi connectivity index (χ0v) is 20.3. The molecule has 0 amide bonds. The van der Waals surface area contributed by atoms with E-state index in [1.165, 1.54) is 63.8 Å². The Hall–Kier alpha value is -0.570. The van der Waals surface area contributed by atoms with E-state index in [9.17, 15) is 0 Å². The standard InChI is InChI=1S/C21H34ClN5.HI/c1-23-20(24-16-18-6-8-19(22)9-7-18)25-17-21(10-14-26(2)15-11-21)27-12-4-3-5-13-27;/h6-9H,3-5,10-17H2,1-2H3,(H2,23,24,25);1H. The Kier molecular flexibility index (Phi) is 9.80. The third kappa shape index (κ3) is 6.47. The van der Waals surface area contributed by atoms with Gasteiger partial charge in [0.25, 0.3) is 0 Å². The van der Waals surface area contributed by atoms with Crippen LogP contribution in [0.2, 0.25) is 5.02 Å². The maximum absolute atomic E-state index is 5.97. The summed E-state index contributed by atoms with van der Waals surface area (Å²) < 4.78 is 0. The number of likely N-dealkylation sites (tertiary alicyclic amines) is 2. The largest absolute Gasteiger partial charge is 0.355 e. The van der Waals surface area contributed by atoms with E-state index in [1.807, 2.05) is 19.2 Å². The molecule has 5 nitrogen and oxygen atoms in total. The molecule has 0 atom stereocenters. The highest BCUT2D eigenvalue weighted by molar-refractivity contribution is 14.0. The van der Waals surface area contributed by atoms with Crippen LogP contribution in [0.1, 0.15) is 37.7 Å². The van der Waals surface area contributed by atoms with Gasteiger partial charge in [0, 0.05) is 30.7 Å². The molecule has 1 aromatic rings. The van der Waals surface area contributed by atoms with Gasteiger partial charge in [0.05, 0.1) is 0 Å². The fourth-order valence-corrected chi connectivity index (χ4v) is 4.39. The SMILES string of the molecule is CN=C(NCc1ccc(Cl)cc1)NCC1(N2CCCCC2)CCN(C)CC1.I. The van der Waals surface area contributed by atoms with Gasteiger partial charge in [-0.15, -0.1) is 24.0 Å². The Morgan fingerprint density at radius 3 is 2.29 bits per heavy atom. The highest BCUT2D eigenvalue weighted by Crippen LogP contribution is 2.30. The number of nitrogens with zero attached hydrogens (tertiary/aromatic N) is 3. The summed E-state index contributed by atoms with van der Waals surface area (Å²) in [6.45, 7) is 6.53. The van der Waals surface area contributed by atoms with E-state index in [2.05, 4.69) is 44.6 Å². The van der Waals surface area contributed by atoms with Gasteiger partial charge in [0.1, 0.15) is 0 Å². The molecule has 2 aliphatic heterocycles. The summed E-state index contributed by atoms with van der Waals surface area (Å²) in [5, 5.41) is 7.84. The van der Waals surface area contributed by atoms with Crippen LogP contribution in [0.3, 0.4) is 0 Å². The Bertz CT molecular complexity index is 608. The van der Waals surface area contributed by atoms with Crippen LogP contribution in [-0.4, -0.2) is 68.1 Å². The second-order valence-corrected chi connectivity index (χ2v) is 8.42. The van der Waals surface area contributed by atoms with Crippen molar-refractivity contribution in [1.82, 2.24) is 20.4 Å². The molecule has 0 aromatic heterocycles. The third-order valence-electron chi connectivity index (χ3n) is 6.13. The van der Waals surface area contributed by atoms with Crippen LogP contribution >= 0.6 is 35.6 Å². The fraction of sp³-hybridized carbons (Fsp3) is 0.667. The highest BCUT2D eigenvalue weighted by Gasteiger charge is 2.39. The van der Waals surface area contributed by atoms with Gasteiger partial charge in [-0.05, 0) is 76.6 Å². The van der Waals surface area contributed by atoms with E-state index in [0.717, 1.165) is 24.1 Å². The van der Waals surface area contributed by atoms with Crippen molar-refractivity contribution < 1.29 is 0 Å². The van der Waals surface area contributed by atoms with Gasteiger partial charge in [-0.1, -0.05) is 30.2 Å². The number of rotatable bonds is 5. The first kappa shape index (κ1) is 23.7. The van der Waals surface area contributed by atoms with E-state index in [0.29, 0.717) is 0 Å². The van der Waals surface area contributed by atoms with Gasteiger partial charge >= 0.3 is 0 Å². The maximum Gasteiger partial charge on any atom is 0.191 e. The molecule has 2 aliphatic rings. The molecule has 2 fully saturated rings. The molecule has 0 saturated carbocycles. The summed E-state index contributed by atoms with van der Waals surface area (Å²) in [7, 11) is 4.08. The lowest BCUT2D eigenvalue weighted by Crippen LogP contribution is -2.62. The van der Waals surface area contributed by atoms with Crippen molar-refractivity contribution in [2.24, 2.45) is 4.99 Å². The Labute approximate surface area is 192 Å². The molecule has 0 bridgehead atoms. The zero-order chi connectivity index (χ0) is 19.1. The minimum atomic E-state index is 0. The first-order valence-corrected chi connectivity index (χ1v) is 10.6. The monoisotopic (exact) mass is 519 g/mol. The number of nitrogens with one attached hydrogen (secondary N) is 2. The smallest absolute Gasteiger partial charge is 0.191 e. The predicted octanol–water partition coefficient (Wildman–Crippen LogP) is 3.57. The number of benzene rings is 1. The molecular weight excluding hydrogens is 485 g/mol. The molecule has 0 radical (unpaired) electrons. The molecular formula is C21H35ClIN5. The number of aliphatic imine (C=N–C) groups is 1. The minimum Gasteiger partial charge on any atom is -0.355 e. The molecule has 2 heterocycles. The van der Waals surface area contributed by atoms with Crippen LogP contribution in [0.25, 0.3) is 0 Å². The van der Waals surface area contributed by atoms with Crippen LogP contribution in [0.5, 0.6) is 0 Å². The van der Waals surface area contributed by atoms with Crippen LogP contribution in [0, 0.1) is 0 Å². The molecule has 3 rings (SSSR count). The van der Waals surface area contributed by atoms with Crippen LogP contribution in [0.4, 0.5) is 0 Å². The van der Waals surface area contributed by atoms with Crippen molar-refractivity contribution in [2.45, 2.75) is 44.2 Å². The first-order valence-electron chi connectivity index (χ1n) is 10.2. The molecule has 2 saturated heterocycles. The molecule has 158 valence electrons. The molecule has 0 aliphatic carbocycles. The second-order valence-electron chi connectivity index (χ2n) is 7.98. The Morgan fingerprint density at radius 2 is 1.68 bits per heavy atom. The first-order chi connectivity index (χ1) is 13.1. The van der Waals surface area contributed by atoms with E-state index in [1.54, 1.807) is 0 Å². The van der Waals surface area contributed by atoms with Gasteiger partial charge in [0.2, 0.25) is 0 Å². The lowest BCUT2D eigenvalue weighted by molar-refractivity contribution is 0.0173. The topological polar surface area (TPSA) is 42.9 Å². The summed E-state index contributed by atoms with van der Waals surface area (Å²) in [6.07, 6.45) is 6.50. The summed E-state index contributed by atoms with van der Waals surface area (Å²) in [6, 6.07) is 7.96. The van der Waals surface area contributed by atoms with Crippen molar-refractivity contribution >= 4 is 41.5 Å². The zero-order valence-electron chi connectivity index (χ0n) is 17.2.